The Kier molecular flexibility index (Phi) is 2.35. The topological polar surface area (TPSA) is 26.3 Å². The molecule has 4 heteroatoms. The predicted octanol–water partition coefficient (Wildman–Crippen LogP) is 2.35. The van der Waals surface area contributed by atoms with Crippen molar-refractivity contribution >= 4 is 27.9 Å². The summed E-state index contributed by atoms with van der Waals surface area (Å²) in [7, 11) is 0.452. The molecule has 1 aliphatic rings. The first-order valence-electron chi connectivity index (χ1n) is 4.97. The van der Waals surface area contributed by atoms with Crippen LogP contribution in [0.4, 0.5) is 0 Å². The molecule has 2 atom stereocenters. The first-order chi connectivity index (χ1) is 7.77. The van der Waals surface area contributed by atoms with Crippen molar-refractivity contribution < 1.29 is 9.09 Å². The molecule has 2 aromatic rings. The molecular formula is C12H10O2P2. The molecule has 16 heavy (non-hydrogen) atoms. The van der Waals surface area contributed by atoms with Crippen LogP contribution in [0.5, 0.6) is 5.75 Å². The van der Waals surface area contributed by atoms with E-state index in [2.05, 4.69) is 9.24 Å². The molecule has 0 amide bonds. The van der Waals surface area contributed by atoms with E-state index in [1.165, 1.54) is 0 Å². The highest BCUT2D eigenvalue weighted by molar-refractivity contribution is 7.52. The monoisotopic (exact) mass is 248 g/mol. The van der Waals surface area contributed by atoms with Gasteiger partial charge in [0.2, 0.25) is 0 Å². The van der Waals surface area contributed by atoms with Gasteiger partial charge in [-0.15, -0.1) is 9.24 Å². The van der Waals surface area contributed by atoms with Crippen LogP contribution in [0.3, 0.4) is 0 Å². The third-order valence-electron chi connectivity index (χ3n) is 2.68. The van der Waals surface area contributed by atoms with Crippen molar-refractivity contribution in [2.75, 3.05) is 0 Å². The lowest BCUT2D eigenvalue weighted by Gasteiger charge is -2.21. The van der Waals surface area contributed by atoms with Crippen LogP contribution in [-0.4, -0.2) is 0 Å². The van der Waals surface area contributed by atoms with Gasteiger partial charge in [-0.3, -0.25) is 4.57 Å². The van der Waals surface area contributed by atoms with E-state index in [1.807, 2.05) is 42.5 Å². The molecule has 1 heterocycles. The maximum absolute atomic E-state index is 12.0. The molecule has 1 aliphatic heterocycles. The van der Waals surface area contributed by atoms with Crippen molar-refractivity contribution in [3.8, 4) is 16.9 Å². The summed E-state index contributed by atoms with van der Waals surface area (Å²) in [6, 6.07) is 13.6. The van der Waals surface area contributed by atoms with Gasteiger partial charge in [-0.2, -0.15) is 0 Å². The Bertz CT molecular complexity index is 593. The number of fused-ring (bicyclic) bond motifs is 3. The summed E-state index contributed by atoms with van der Waals surface area (Å²) >= 11 is 0. The summed E-state index contributed by atoms with van der Waals surface area (Å²) in [5.41, 5.74) is 2.05. The Morgan fingerprint density at radius 3 is 2.62 bits per heavy atom. The minimum atomic E-state index is -2.16. The van der Waals surface area contributed by atoms with Crippen LogP contribution in [-0.2, 0) is 4.57 Å². The summed E-state index contributed by atoms with van der Waals surface area (Å²) in [4.78, 5) is 0. The van der Waals surface area contributed by atoms with Gasteiger partial charge in [0.05, 0.1) is 5.30 Å². The van der Waals surface area contributed by atoms with Crippen molar-refractivity contribution in [3.63, 3.8) is 0 Å². The number of hydrogen-bond acceptors (Lipinski definition) is 2. The van der Waals surface area contributed by atoms with Gasteiger partial charge in [-0.05, 0) is 16.9 Å². The van der Waals surface area contributed by atoms with E-state index in [-0.39, 0.29) is 0 Å². The zero-order chi connectivity index (χ0) is 11.1. The van der Waals surface area contributed by atoms with Crippen molar-refractivity contribution in [1.82, 2.24) is 0 Å². The zero-order valence-electron chi connectivity index (χ0n) is 8.44. The Morgan fingerprint density at radius 2 is 1.75 bits per heavy atom. The van der Waals surface area contributed by atoms with E-state index in [4.69, 9.17) is 4.52 Å². The second-order valence-corrected chi connectivity index (χ2v) is 5.56. The van der Waals surface area contributed by atoms with E-state index in [1.54, 1.807) is 0 Å². The average molecular weight is 248 g/mol. The van der Waals surface area contributed by atoms with Crippen LogP contribution in [0.25, 0.3) is 11.1 Å². The molecule has 0 saturated carbocycles. The summed E-state index contributed by atoms with van der Waals surface area (Å²) < 4.78 is 17.5. The molecule has 2 unspecified atom stereocenters. The standard InChI is InChI=1S/C12H10O2P2/c13-16-12-9(5-3-7-11(12)15)8-4-1-2-6-10(8)14-16/h1-7,16H,15H2. The van der Waals surface area contributed by atoms with E-state index < -0.39 is 8.03 Å². The van der Waals surface area contributed by atoms with Crippen LogP contribution in [0.1, 0.15) is 0 Å². The molecule has 3 rings (SSSR count). The van der Waals surface area contributed by atoms with Gasteiger partial charge < -0.3 is 4.52 Å². The fourth-order valence-electron chi connectivity index (χ4n) is 1.95. The van der Waals surface area contributed by atoms with Crippen LogP contribution in [0.15, 0.2) is 42.5 Å². The predicted molar refractivity (Wildman–Crippen MR) is 70.5 cm³/mol. The molecule has 0 aliphatic carbocycles. The summed E-state index contributed by atoms with van der Waals surface area (Å²) in [6.45, 7) is 0. The molecule has 0 aromatic heterocycles. The molecule has 2 aromatic carbocycles. The van der Waals surface area contributed by atoms with E-state index in [0.717, 1.165) is 27.5 Å². The minimum absolute atomic E-state index is 0.717. The second-order valence-electron chi connectivity index (χ2n) is 3.66. The highest BCUT2D eigenvalue weighted by atomic mass is 31.1. The van der Waals surface area contributed by atoms with Gasteiger partial charge in [-0.1, -0.05) is 36.4 Å². The van der Waals surface area contributed by atoms with Gasteiger partial charge in [0, 0.05) is 5.56 Å². The molecular weight excluding hydrogens is 238 g/mol. The third kappa shape index (κ3) is 1.42. The zero-order valence-corrected chi connectivity index (χ0v) is 10.6. The maximum atomic E-state index is 12.0. The van der Waals surface area contributed by atoms with Gasteiger partial charge in [0.15, 0.2) is 0 Å². The van der Waals surface area contributed by atoms with Gasteiger partial charge in [0.1, 0.15) is 5.75 Å². The number of hydrogen-bond donors (Lipinski definition) is 0. The molecule has 2 nitrogen and oxygen atoms in total. The lowest BCUT2D eigenvalue weighted by molar-refractivity contribution is 0.513. The maximum Gasteiger partial charge on any atom is 0.267 e. The lowest BCUT2D eigenvalue weighted by Crippen LogP contribution is -2.21. The van der Waals surface area contributed by atoms with Crippen molar-refractivity contribution in [1.29, 1.82) is 0 Å². The molecule has 80 valence electrons. The Morgan fingerprint density at radius 1 is 1.00 bits per heavy atom. The fraction of sp³-hybridized carbons (Fsp3) is 0. The van der Waals surface area contributed by atoms with Crippen molar-refractivity contribution in [2.24, 2.45) is 0 Å². The van der Waals surface area contributed by atoms with Gasteiger partial charge in [-0.25, -0.2) is 0 Å². The molecule has 0 spiro atoms. The van der Waals surface area contributed by atoms with Crippen LogP contribution in [0, 0.1) is 0 Å². The quantitative estimate of drug-likeness (QED) is 0.669. The van der Waals surface area contributed by atoms with Gasteiger partial charge >= 0.3 is 0 Å². The second kappa shape index (κ2) is 3.73. The molecule has 0 bridgehead atoms. The fourth-order valence-corrected chi connectivity index (χ4v) is 3.81. The first kappa shape index (κ1) is 10.1. The molecule has 0 saturated heterocycles. The third-order valence-corrected chi connectivity index (χ3v) is 4.82. The van der Waals surface area contributed by atoms with E-state index >= 15 is 0 Å². The number of para-hydroxylation sites is 1. The van der Waals surface area contributed by atoms with E-state index in [9.17, 15) is 4.57 Å². The number of rotatable bonds is 0. The Hall–Kier alpha value is -1.10. The normalized spacial score (nSPS) is 17.2. The highest BCUT2D eigenvalue weighted by Crippen LogP contribution is 2.41. The van der Waals surface area contributed by atoms with Crippen LogP contribution >= 0.6 is 17.3 Å². The average Bonchev–Trinajstić information content (AvgIpc) is 2.29. The smallest absolute Gasteiger partial charge is 0.267 e. The number of benzene rings is 2. The summed E-state index contributed by atoms with van der Waals surface area (Å²) in [5.74, 6) is 0.717. The first-order valence-corrected chi connectivity index (χ1v) is 6.87. The molecule has 0 radical (unpaired) electrons. The van der Waals surface area contributed by atoms with Gasteiger partial charge in [0.25, 0.3) is 8.03 Å². The van der Waals surface area contributed by atoms with Crippen LogP contribution < -0.4 is 15.1 Å². The van der Waals surface area contributed by atoms with E-state index in [0.29, 0.717) is 0 Å². The SMILES string of the molecule is O=[PH]1Oc2ccccc2-c2cccc(P)c21. The Balaban J connectivity index is 2.37. The van der Waals surface area contributed by atoms with Crippen LogP contribution in [0.2, 0.25) is 0 Å². The molecule has 0 fully saturated rings. The summed E-state index contributed by atoms with van der Waals surface area (Å²) in [5, 5.41) is 1.78. The van der Waals surface area contributed by atoms with Crippen molar-refractivity contribution in [2.45, 2.75) is 0 Å². The summed E-state index contributed by atoms with van der Waals surface area (Å²) in [6.07, 6.45) is 0. The highest BCUT2D eigenvalue weighted by Gasteiger charge is 2.23. The minimum Gasteiger partial charge on any atom is -0.441 e. The Labute approximate surface area is 96.7 Å². The molecule has 0 N–H and O–H groups in total. The van der Waals surface area contributed by atoms with Crippen molar-refractivity contribution in [3.05, 3.63) is 42.5 Å². The lowest BCUT2D eigenvalue weighted by atomic mass is 10.0. The largest absolute Gasteiger partial charge is 0.441 e.